The zero-order chi connectivity index (χ0) is 16.4. The number of hydrogen-bond donors (Lipinski definition) is 1. The molecule has 1 N–H and O–H groups in total. The number of rotatable bonds is 3. The van der Waals surface area contributed by atoms with Crippen LogP contribution in [0.4, 0.5) is 0 Å². The van der Waals surface area contributed by atoms with Crippen LogP contribution < -0.4 is 0 Å². The van der Waals surface area contributed by atoms with Crippen LogP contribution in [0.1, 0.15) is 29.4 Å². The van der Waals surface area contributed by atoms with Crippen molar-refractivity contribution in [2.75, 3.05) is 6.54 Å². The lowest BCUT2D eigenvalue weighted by Crippen LogP contribution is -2.49. The average molecular weight is 332 g/mol. The minimum absolute atomic E-state index is 0.288. The van der Waals surface area contributed by atoms with Crippen molar-refractivity contribution in [3.8, 4) is 10.8 Å². The van der Waals surface area contributed by atoms with E-state index in [2.05, 4.69) is 15.0 Å². The van der Waals surface area contributed by atoms with Crippen LogP contribution in [0.15, 0.2) is 24.7 Å². The van der Waals surface area contributed by atoms with E-state index in [9.17, 15) is 14.7 Å². The summed E-state index contributed by atoms with van der Waals surface area (Å²) in [4.78, 5) is 38.3. The van der Waals surface area contributed by atoms with Crippen LogP contribution >= 0.6 is 11.3 Å². The van der Waals surface area contributed by atoms with Gasteiger partial charge in [0.25, 0.3) is 5.91 Å². The third-order valence-corrected chi connectivity index (χ3v) is 4.87. The van der Waals surface area contributed by atoms with Crippen LogP contribution in [0.5, 0.6) is 0 Å². The molecule has 1 saturated heterocycles. The molecule has 3 rings (SSSR count). The lowest BCUT2D eigenvalue weighted by atomic mass is 9.92. The van der Waals surface area contributed by atoms with E-state index < -0.39 is 12.0 Å². The molecule has 8 heteroatoms. The van der Waals surface area contributed by atoms with Crippen LogP contribution in [0.25, 0.3) is 10.8 Å². The van der Waals surface area contributed by atoms with Gasteiger partial charge in [0.05, 0.1) is 6.20 Å². The van der Waals surface area contributed by atoms with Gasteiger partial charge >= 0.3 is 5.97 Å². The van der Waals surface area contributed by atoms with Gasteiger partial charge in [-0.3, -0.25) is 4.79 Å². The molecule has 2 unspecified atom stereocenters. The van der Waals surface area contributed by atoms with Crippen LogP contribution in [-0.2, 0) is 4.79 Å². The van der Waals surface area contributed by atoms with E-state index in [0.717, 1.165) is 6.42 Å². The number of carbonyl (C=O) groups excluding carboxylic acids is 1. The molecule has 0 aromatic carbocycles. The predicted octanol–water partition coefficient (Wildman–Crippen LogP) is 1.93. The molecule has 23 heavy (non-hydrogen) atoms. The Balaban J connectivity index is 1.83. The highest BCUT2D eigenvalue weighted by Gasteiger charge is 2.35. The molecule has 120 valence electrons. The van der Waals surface area contributed by atoms with Gasteiger partial charge in [-0.25, -0.2) is 19.7 Å². The largest absolute Gasteiger partial charge is 0.480 e. The number of carboxylic acids is 1. The SMILES string of the molecule is CC1CCN(C(=O)c2cnc(-c3ncccn3)s2)C(C(=O)O)C1. The number of likely N-dealkylation sites (tertiary alicyclic amines) is 1. The number of piperidine rings is 1. The van der Waals surface area contributed by atoms with Gasteiger partial charge in [0.2, 0.25) is 0 Å². The Morgan fingerprint density at radius 1 is 1.30 bits per heavy atom. The Morgan fingerprint density at radius 3 is 2.74 bits per heavy atom. The van der Waals surface area contributed by atoms with E-state index in [-0.39, 0.29) is 5.91 Å². The molecule has 0 radical (unpaired) electrons. The van der Waals surface area contributed by atoms with E-state index in [1.807, 2.05) is 6.92 Å². The Hall–Kier alpha value is -2.35. The topological polar surface area (TPSA) is 96.3 Å². The second-order valence-electron chi connectivity index (χ2n) is 5.58. The summed E-state index contributed by atoms with van der Waals surface area (Å²) >= 11 is 1.18. The summed E-state index contributed by atoms with van der Waals surface area (Å²) in [7, 11) is 0. The molecule has 3 heterocycles. The zero-order valence-electron chi connectivity index (χ0n) is 12.5. The first-order valence-corrected chi connectivity index (χ1v) is 8.15. The molecule has 2 aromatic rings. The van der Waals surface area contributed by atoms with Gasteiger partial charge in [-0.1, -0.05) is 6.92 Å². The van der Waals surface area contributed by atoms with E-state index >= 15 is 0 Å². The maximum Gasteiger partial charge on any atom is 0.326 e. The smallest absolute Gasteiger partial charge is 0.326 e. The molecule has 1 amide bonds. The Kier molecular flexibility index (Phi) is 4.33. The Labute approximate surface area is 137 Å². The average Bonchev–Trinajstić information content (AvgIpc) is 3.05. The number of aliphatic carboxylic acids is 1. The highest BCUT2D eigenvalue weighted by Crippen LogP contribution is 2.28. The molecule has 1 aliphatic heterocycles. The first-order valence-electron chi connectivity index (χ1n) is 7.33. The molecule has 2 aromatic heterocycles. The third-order valence-electron chi connectivity index (χ3n) is 3.88. The molecule has 2 atom stereocenters. The fraction of sp³-hybridized carbons (Fsp3) is 0.400. The predicted molar refractivity (Wildman–Crippen MR) is 84.0 cm³/mol. The molecular formula is C15H16N4O3S. The normalized spacial score (nSPS) is 21.2. The van der Waals surface area contributed by atoms with Crippen molar-refractivity contribution in [1.29, 1.82) is 0 Å². The summed E-state index contributed by atoms with van der Waals surface area (Å²) in [5, 5.41) is 9.93. The number of amides is 1. The maximum absolute atomic E-state index is 12.7. The number of thiazole rings is 1. The lowest BCUT2D eigenvalue weighted by molar-refractivity contribution is -0.144. The molecular weight excluding hydrogens is 316 g/mol. The van der Waals surface area contributed by atoms with Crippen molar-refractivity contribution in [3.05, 3.63) is 29.5 Å². The van der Waals surface area contributed by atoms with Crippen molar-refractivity contribution in [2.45, 2.75) is 25.8 Å². The molecule has 0 saturated carbocycles. The first kappa shape index (κ1) is 15.5. The third kappa shape index (κ3) is 3.21. The highest BCUT2D eigenvalue weighted by atomic mass is 32.1. The first-order chi connectivity index (χ1) is 11.1. The second-order valence-corrected chi connectivity index (χ2v) is 6.61. The monoisotopic (exact) mass is 332 g/mol. The van der Waals surface area contributed by atoms with Gasteiger partial charge < -0.3 is 10.0 Å². The Morgan fingerprint density at radius 2 is 2.04 bits per heavy atom. The summed E-state index contributed by atoms with van der Waals surface area (Å²) < 4.78 is 0. The van der Waals surface area contributed by atoms with Crippen LogP contribution in [0, 0.1) is 5.92 Å². The van der Waals surface area contributed by atoms with Crippen molar-refractivity contribution in [3.63, 3.8) is 0 Å². The van der Waals surface area contributed by atoms with Crippen LogP contribution in [0.2, 0.25) is 0 Å². The summed E-state index contributed by atoms with van der Waals surface area (Å²) in [6.45, 7) is 2.46. The minimum atomic E-state index is -0.957. The number of hydrogen-bond acceptors (Lipinski definition) is 6. The van der Waals surface area contributed by atoms with Gasteiger partial charge in [-0.05, 0) is 24.8 Å². The number of carbonyl (C=O) groups is 2. The maximum atomic E-state index is 12.7. The molecule has 7 nitrogen and oxygen atoms in total. The molecule has 1 aliphatic rings. The fourth-order valence-corrected chi connectivity index (χ4v) is 3.47. The summed E-state index contributed by atoms with van der Waals surface area (Å²) in [5.74, 6) is -0.487. The minimum Gasteiger partial charge on any atom is -0.480 e. The van der Waals surface area contributed by atoms with E-state index in [1.54, 1.807) is 18.5 Å². The highest BCUT2D eigenvalue weighted by molar-refractivity contribution is 7.16. The van der Waals surface area contributed by atoms with Gasteiger partial charge in [0, 0.05) is 18.9 Å². The zero-order valence-corrected chi connectivity index (χ0v) is 13.4. The van der Waals surface area contributed by atoms with Gasteiger partial charge in [0.1, 0.15) is 10.9 Å². The van der Waals surface area contributed by atoms with E-state index in [4.69, 9.17) is 0 Å². The van der Waals surface area contributed by atoms with E-state index in [1.165, 1.54) is 22.4 Å². The summed E-state index contributed by atoms with van der Waals surface area (Å²) in [6, 6.07) is 0.931. The van der Waals surface area contributed by atoms with Crippen LogP contribution in [0.3, 0.4) is 0 Å². The number of carboxylic acid groups (broad SMARTS) is 1. The second kappa shape index (κ2) is 6.41. The van der Waals surface area contributed by atoms with Gasteiger partial charge in [-0.2, -0.15) is 0 Å². The Bertz CT molecular complexity index is 719. The van der Waals surface area contributed by atoms with Gasteiger partial charge in [0.15, 0.2) is 10.8 Å². The standard InChI is InChI=1S/C15H16N4O3S/c1-9-3-6-19(10(7-9)15(21)22)14(20)11-8-18-13(23-11)12-16-4-2-5-17-12/h2,4-5,8-10H,3,6-7H2,1H3,(H,21,22). The number of nitrogens with zero attached hydrogens (tertiary/aromatic N) is 4. The molecule has 0 bridgehead atoms. The van der Waals surface area contributed by atoms with Gasteiger partial charge in [-0.15, -0.1) is 11.3 Å². The van der Waals surface area contributed by atoms with Crippen molar-refractivity contribution < 1.29 is 14.7 Å². The lowest BCUT2D eigenvalue weighted by Gasteiger charge is -2.35. The molecule has 0 spiro atoms. The van der Waals surface area contributed by atoms with Crippen molar-refractivity contribution in [2.24, 2.45) is 5.92 Å². The summed E-state index contributed by atoms with van der Waals surface area (Å²) in [6.07, 6.45) is 5.97. The summed E-state index contributed by atoms with van der Waals surface area (Å²) in [5.41, 5.74) is 0. The van der Waals surface area contributed by atoms with E-state index in [0.29, 0.717) is 34.6 Å². The molecule has 0 aliphatic carbocycles. The quantitative estimate of drug-likeness (QED) is 0.922. The number of aromatic nitrogens is 3. The van der Waals surface area contributed by atoms with Crippen LogP contribution in [-0.4, -0.2) is 49.4 Å². The molecule has 1 fully saturated rings. The van der Waals surface area contributed by atoms with Crippen molar-refractivity contribution in [1.82, 2.24) is 19.9 Å². The fourth-order valence-electron chi connectivity index (χ4n) is 2.65. The van der Waals surface area contributed by atoms with Crippen molar-refractivity contribution >= 4 is 23.2 Å².